The number of hydrogen-bond acceptors (Lipinski definition) is 9. The van der Waals surface area contributed by atoms with Gasteiger partial charge in [-0.15, -0.1) is 0 Å². The Labute approximate surface area is 229 Å². The summed E-state index contributed by atoms with van der Waals surface area (Å²) in [4.78, 5) is 36.2. The molecule has 0 aliphatic heterocycles. The van der Waals surface area contributed by atoms with E-state index in [0.29, 0.717) is 17.1 Å². The van der Waals surface area contributed by atoms with Crippen molar-refractivity contribution in [3.8, 4) is 23.0 Å². The normalized spacial score (nSPS) is 11.6. The van der Waals surface area contributed by atoms with Gasteiger partial charge in [0.05, 0.1) is 30.9 Å². The Morgan fingerprint density at radius 2 is 1.60 bits per heavy atom. The summed E-state index contributed by atoms with van der Waals surface area (Å²) in [5.74, 6) is -0.274. The molecule has 0 unspecified atom stereocenters. The molecule has 0 heterocycles. The van der Waals surface area contributed by atoms with Gasteiger partial charge in [0, 0.05) is 11.6 Å². The molecule has 0 fully saturated rings. The number of para-hydroxylation sites is 2. The number of ether oxygens (including phenoxy) is 4. The van der Waals surface area contributed by atoms with Gasteiger partial charge in [0.2, 0.25) is 0 Å². The highest BCUT2D eigenvalue weighted by Crippen LogP contribution is 2.31. The Bertz CT molecular complexity index is 1600. The minimum Gasteiger partial charge on any atom is -0.493 e. The fraction of sp³-hybridized carbons (Fsp3) is 0.138. The fourth-order valence-electron chi connectivity index (χ4n) is 3.82. The van der Waals surface area contributed by atoms with Crippen LogP contribution in [-0.4, -0.2) is 43.3 Å². The standard InChI is InChI=1S/C29H25N3O8/c1-18(39-25-11-7-6-10-23(25)32(35)36)28(33)31-30-17-22-21-9-5-4-8-19(21)12-14-24(22)40-29(34)20-13-15-26(37-2)27(16-20)38-3/h4-18H,1-3H3,(H,31,33)/b30-17-/t18-/m1/s1. The maximum Gasteiger partial charge on any atom is 0.343 e. The molecule has 0 bridgehead atoms. The van der Waals surface area contributed by atoms with Crippen molar-refractivity contribution in [2.75, 3.05) is 14.2 Å². The summed E-state index contributed by atoms with van der Waals surface area (Å²) >= 11 is 0. The number of hydrazone groups is 1. The lowest BCUT2D eigenvalue weighted by Crippen LogP contribution is -2.33. The number of nitrogens with one attached hydrogen (secondary N) is 1. The summed E-state index contributed by atoms with van der Waals surface area (Å²) in [5, 5.41) is 16.8. The highest BCUT2D eigenvalue weighted by Gasteiger charge is 2.21. The Morgan fingerprint density at radius 3 is 2.35 bits per heavy atom. The molecule has 1 N–H and O–H groups in total. The summed E-state index contributed by atoms with van der Waals surface area (Å²) < 4.78 is 21.7. The summed E-state index contributed by atoms with van der Waals surface area (Å²) in [5.41, 5.74) is 2.79. The van der Waals surface area contributed by atoms with Gasteiger partial charge in [-0.25, -0.2) is 10.2 Å². The lowest BCUT2D eigenvalue weighted by atomic mass is 10.0. The Hall–Kier alpha value is -5.45. The number of carbonyl (C=O) groups is 2. The summed E-state index contributed by atoms with van der Waals surface area (Å²) in [7, 11) is 2.96. The monoisotopic (exact) mass is 543 g/mol. The van der Waals surface area contributed by atoms with Crippen molar-refractivity contribution in [1.82, 2.24) is 5.43 Å². The van der Waals surface area contributed by atoms with Crippen LogP contribution in [0.1, 0.15) is 22.8 Å². The van der Waals surface area contributed by atoms with Gasteiger partial charge in [0.25, 0.3) is 5.91 Å². The number of nitrogens with zero attached hydrogens (tertiary/aromatic N) is 2. The van der Waals surface area contributed by atoms with Crippen molar-refractivity contribution < 1.29 is 33.5 Å². The van der Waals surface area contributed by atoms with Gasteiger partial charge in [-0.2, -0.15) is 5.10 Å². The van der Waals surface area contributed by atoms with E-state index in [9.17, 15) is 19.7 Å². The maximum atomic E-state index is 13.0. The third kappa shape index (κ3) is 6.16. The lowest BCUT2D eigenvalue weighted by molar-refractivity contribution is -0.386. The van der Waals surface area contributed by atoms with Crippen LogP contribution < -0.4 is 24.4 Å². The van der Waals surface area contributed by atoms with Gasteiger partial charge in [-0.05, 0) is 48.0 Å². The molecule has 1 atom stereocenters. The van der Waals surface area contributed by atoms with Crippen LogP contribution in [0.5, 0.6) is 23.0 Å². The highest BCUT2D eigenvalue weighted by atomic mass is 16.6. The van der Waals surface area contributed by atoms with Crippen molar-refractivity contribution in [2.45, 2.75) is 13.0 Å². The van der Waals surface area contributed by atoms with Crippen molar-refractivity contribution in [3.05, 3.63) is 100 Å². The van der Waals surface area contributed by atoms with E-state index in [1.807, 2.05) is 24.3 Å². The topological polar surface area (TPSA) is 139 Å². The minimum absolute atomic E-state index is 0.0439. The number of amides is 1. The van der Waals surface area contributed by atoms with E-state index < -0.39 is 22.9 Å². The number of methoxy groups -OCH3 is 2. The minimum atomic E-state index is -1.09. The first-order valence-electron chi connectivity index (χ1n) is 12.0. The first-order chi connectivity index (χ1) is 19.3. The molecule has 0 spiro atoms. The van der Waals surface area contributed by atoms with Crippen molar-refractivity contribution >= 4 is 34.6 Å². The number of nitro groups is 1. The number of benzene rings is 4. The van der Waals surface area contributed by atoms with E-state index in [2.05, 4.69) is 10.5 Å². The average molecular weight is 544 g/mol. The van der Waals surface area contributed by atoms with E-state index >= 15 is 0 Å². The average Bonchev–Trinajstić information content (AvgIpc) is 2.97. The van der Waals surface area contributed by atoms with Crippen LogP contribution in [0.4, 0.5) is 5.69 Å². The van der Waals surface area contributed by atoms with E-state index in [0.717, 1.165) is 10.8 Å². The third-order valence-corrected chi connectivity index (χ3v) is 5.86. The van der Waals surface area contributed by atoms with Crippen molar-refractivity contribution in [2.24, 2.45) is 5.10 Å². The summed E-state index contributed by atoms with van der Waals surface area (Å²) in [6.45, 7) is 1.44. The molecule has 0 saturated carbocycles. The summed E-state index contributed by atoms with van der Waals surface area (Å²) in [6.07, 6.45) is 0.267. The molecular weight excluding hydrogens is 518 g/mol. The van der Waals surface area contributed by atoms with Crippen molar-refractivity contribution in [3.63, 3.8) is 0 Å². The SMILES string of the molecule is COc1ccc(C(=O)Oc2ccc3ccccc3c2/C=N\NC(=O)[C@@H](C)Oc2ccccc2[N+](=O)[O-])cc1OC. The fourth-order valence-corrected chi connectivity index (χ4v) is 3.82. The number of hydrogen-bond donors (Lipinski definition) is 1. The van der Waals surface area contributed by atoms with Crippen LogP contribution in [0.3, 0.4) is 0 Å². The zero-order chi connectivity index (χ0) is 28.6. The maximum absolute atomic E-state index is 13.0. The molecule has 4 aromatic carbocycles. The zero-order valence-corrected chi connectivity index (χ0v) is 21.8. The van der Waals surface area contributed by atoms with Crippen molar-refractivity contribution in [1.29, 1.82) is 0 Å². The molecule has 40 heavy (non-hydrogen) atoms. The molecule has 11 nitrogen and oxygen atoms in total. The molecular formula is C29H25N3O8. The molecule has 4 rings (SSSR count). The molecule has 0 radical (unpaired) electrons. The van der Waals surface area contributed by atoms with Crippen LogP contribution in [-0.2, 0) is 4.79 Å². The molecule has 0 aromatic heterocycles. The Kier molecular flexibility index (Phi) is 8.55. The third-order valence-electron chi connectivity index (χ3n) is 5.86. The van der Waals surface area contributed by atoms with Crippen LogP contribution in [0, 0.1) is 10.1 Å². The predicted octanol–water partition coefficient (Wildman–Crippen LogP) is 4.90. The van der Waals surface area contributed by atoms with E-state index in [1.54, 1.807) is 30.3 Å². The number of carbonyl (C=O) groups excluding carboxylic acids is 2. The molecule has 0 aliphatic carbocycles. The first-order valence-corrected chi connectivity index (χ1v) is 12.0. The quantitative estimate of drug-likeness (QED) is 0.0980. The molecule has 4 aromatic rings. The number of rotatable bonds is 10. The van der Waals surface area contributed by atoms with Gasteiger partial charge >= 0.3 is 11.7 Å². The second kappa shape index (κ2) is 12.4. The predicted molar refractivity (Wildman–Crippen MR) is 147 cm³/mol. The van der Waals surface area contributed by atoms with Gasteiger partial charge in [-0.3, -0.25) is 14.9 Å². The van der Waals surface area contributed by atoms with Crippen LogP contribution in [0.15, 0.2) is 84.0 Å². The lowest BCUT2D eigenvalue weighted by Gasteiger charge is -2.13. The van der Waals surface area contributed by atoms with E-state index in [1.165, 1.54) is 51.6 Å². The first kappa shape index (κ1) is 27.6. The number of nitro benzene ring substituents is 1. The van der Waals surface area contributed by atoms with Crippen LogP contribution in [0.25, 0.3) is 10.8 Å². The largest absolute Gasteiger partial charge is 0.493 e. The smallest absolute Gasteiger partial charge is 0.343 e. The number of esters is 1. The number of fused-ring (bicyclic) bond motifs is 1. The molecule has 204 valence electrons. The van der Waals surface area contributed by atoms with Crippen LogP contribution in [0.2, 0.25) is 0 Å². The second-order valence-corrected chi connectivity index (χ2v) is 8.38. The van der Waals surface area contributed by atoms with Gasteiger partial charge < -0.3 is 18.9 Å². The van der Waals surface area contributed by atoms with Gasteiger partial charge in [-0.1, -0.05) is 42.5 Å². The van der Waals surface area contributed by atoms with Gasteiger partial charge in [0.1, 0.15) is 5.75 Å². The molecule has 1 amide bonds. The summed E-state index contributed by atoms with van der Waals surface area (Å²) in [6, 6.07) is 21.2. The molecule has 0 aliphatic rings. The van der Waals surface area contributed by atoms with E-state index in [-0.39, 0.29) is 22.7 Å². The van der Waals surface area contributed by atoms with Crippen LogP contribution >= 0.6 is 0 Å². The Morgan fingerprint density at radius 1 is 0.900 bits per heavy atom. The second-order valence-electron chi connectivity index (χ2n) is 8.38. The Balaban J connectivity index is 1.55. The van der Waals surface area contributed by atoms with E-state index in [4.69, 9.17) is 18.9 Å². The molecule has 0 saturated heterocycles. The highest BCUT2D eigenvalue weighted by molar-refractivity contribution is 6.04. The molecule has 11 heteroatoms. The van der Waals surface area contributed by atoms with Gasteiger partial charge in [0.15, 0.2) is 23.4 Å². The zero-order valence-electron chi connectivity index (χ0n) is 21.8.